The van der Waals surface area contributed by atoms with Crippen molar-refractivity contribution in [1.29, 1.82) is 0 Å². The molecule has 1 unspecified atom stereocenters. The lowest BCUT2D eigenvalue weighted by Gasteiger charge is -2.11. The molecular formula is C17H21N5O2S. The van der Waals surface area contributed by atoms with Crippen molar-refractivity contribution in [1.82, 2.24) is 20.2 Å². The zero-order chi connectivity index (χ0) is 18.0. The Morgan fingerprint density at radius 2 is 1.88 bits per heavy atom. The molecule has 2 aromatic rings. The number of amides is 1. The second-order valence-corrected chi connectivity index (χ2v) is 7.79. The fraction of sp³-hybridized carbons (Fsp3) is 0.471. The number of thioether (sulfide) groups is 1. The number of ketones is 1. The van der Waals surface area contributed by atoms with Crippen LogP contribution in [0.1, 0.15) is 50.0 Å². The van der Waals surface area contributed by atoms with Crippen molar-refractivity contribution in [2.75, 3.05) is 5.32 Å². The topological polar surface area (TPSA) is 89.8 Å². The van der Waals surface area contributed by atoms with Crippen molar-refractivity contribution in [3.8, 4) is 0 Å². The van der Waals surface area contributed by atoms with Gasteiger partial charge in [-0.05, 0) is 54.5 Å². The molecule has 1 amide bonds. The lowest BCUT2D eigenvalue weighted by atomic mass is 10.1. The number of carbonyl (C=O) groups is 2. The Morgan fingerprint density at radius 1 is 1.20 bits per heavy atom. The first-order valence-electron chi connectivity index (χ1n) is 8.35. The van der Waals surface area contributed by atoms with Gasteiger partial charge in [-0.25, -0.2) is 4.68 Å². The molecule has 3 rings (SSSR count). The standard InChI is InChI=1S/C17H21N5O2S/c1-10(2)16(24)18-13-6-4-12(5-7-13)15(23)11(3)25-17-19-20-21-22(17)14-8-9-14/h4-7,10-11,14H,8-9H2,1-3H3,(H,18,24). The average Bonchev–Trinajstić information content (AvgIpc) is 3.34. The summed E-state index contributed by atoms with van der Waals surface area (Å²) < 4.78 is 1.80. The van der Waals surface area contributed by atoms with Gasteiger partial charge in [0.05, 0.1) is 11.3 Å². The summed E-state index contributed by atoms with van der Waals surface area (Å²) in [5.74, 6) is -0.123. The van der Waals surface area contributed by atoms with Gasteiger partial charge in [-0.15, -0.1) is 5.10 Å². The monoisotopic (exact) mass is 359 g/mol. The van der Waals surface area contributed by atoms with E-state index in [0.29, 0.717) is 22.4 Å². The molecule has 8 heteroatoms. The van der Waals surface area contributed by atoms with Crippen LogP contribution < -0.4 is 5.32 Å². The highest BCUT2D eigenvalue weighted by molar-refractivity contribution is 8.00. The fourth-order valence-corrected chi connectivity index (χ4v) is 3.20. The Labute approximate surface area is 150 Å². The molecular weight excluding hydrogens is 338 g/mol. The first-order valence-corrected chi connectivity index (χ1v) is 9.23. The minimum Gasteiger partial charge on any atom is -0.326 e. The third-order valence-corrected chi connectivity index (χ3v) is 5.02. The number of tetrazole rings is 1. The van der Waals surface area contributed by atoms with Gasteiger partial charge in [0.25, 0.3) is 0 Å². The highest BCUT2D eigenvalue weighted by Crippen LogP contribution is 2.37. The molecule has 1 aliphatic carbocycles. The molecule has 1 aromatic heterocycles. The lowest BCUT2D eigenvalue weighted by Crippen LogP contribution is -2.18. The SMILES string of the molecule is CC(C)C(=O)Nc1ccc(C(=O)C(C)Sc2nnnn2C2CC2)cc1. The van der Waals surface area contributed by atoms with Gasteiger partial charge in [0.15, 0.2) is 5.78 Å². The van der Waals surface area contributed by atoms with E-state index in [9.17, 15) is 9.59 Å². The molecule has 0 saturated heterocycles. The van der Waals surface area contributed by atoms with Crippen LogP contribution in [-0.4, -0.2) is 37.1 Å². The van der Waals surface area contributed by atoms with E-state index in [1.807, 2.05) is 20.8 Å². The highest BCUT2D eigenvalue weighted by atomic mass is 32.2. The summed E-state index contributed by atoms with van der Waals surface area (Å²) in [6.07, 6.45) is 2.18. The molecule has 1 saturated carbocycles. The summed E-state index contributed by atoms with van der Waals surface area (Å²) in [7, 11) is 0. The van der Waals surface area contributed by atoms with Crippen molar-refractivity contribution < 1.29 is 9.59 Å². The molecule has 0 spiro atoms. The van der Waals surface area contributed by atoms with E-state index in [1.165, 1.54) is 11.8 Å². The van der Waals surface area contributed by atoms with Gasteiger partial charge < -0.3 is 5.32 Å². The first-order chi connectivity index (χ1) is 12.0. The summed E-state index contributed by atoms with van der Waals surface area (Å²) in [5.41, 5.74) is 1.29. The van der Waals surface area contributed by atoms with Crippen LogP contribution in [0.15, 0.2) is 29.4 Å². The second-order valence-electron chi connectivity index (χ2n) is 6.48. The Bertz CT molecular complexity index is 768. The Balaban J connectivity index is 1.63. The normalized spacial score (nSPS) is 15.2. The van der Waals surface area contributed by atoms with Gasteiger partial charge in [0, 0.05) is 17.2 Å². The maximum absolute atomic E-state index is 12.6. The number of carbonyl (C=O) groups excluding carboxylic acids is 2. The van der Waals surface area contributed by atoms with Crippen molar-refractivity contribution in [3.63, 3.8) is 0 Å². The Morgan fingerprint density at radius 3 is 2.48 bits per heavy atom. The smallest absolute Gasteiger partial charge is 0.226 e. The zero-order valence-electron chi connectivity index (χ0n) is 14.5. The van der Waals surface area contributed by atoms with E-state index in [1.54, 1.807) is 28.9 Å². The number of benzene rings is 1. The first kappa shape index (κ1) is 17.6. The Hall–Kier alpha value is -2.22. The number of aromatic nitrogens is 4. The van der Waals surface area contributed by atoms with E-state index in [0.717, 1.165) is 12.8 Å². The minimum atomic E-state index is -0.292. The number of hydrogen-bond acceptors (Lipinski definition) is 6. The maximum Gasteiger partial charge on any atom is 0.226 e. The van der Waals surface area contributed by atoms with Crippen LogP contribution in [0.25, 0.3) is 0 Å². The molecule has 1 aromatic carbocycles. The molecule has 1 heterocycles. The van der Waals surface area contributed by atoms with Gasteiger partial charge >= 0.3 is 0 Å². The van der Waals surface area contributed by atoms with Crippen LogP contribution in [0, 0.1) is 5.92 Å². The van der Waals surface area contributed by atoms with Gasteiger partial charge in [-0.1, -0.05) is 25.6 Å². The van der Waals surface area contributed by atoms with Crippen molar-refractivity contribution in [2.24, 2.45) is 5.92 Å². The van der Waals surface area contributed by atoms with E-state index in [2.05, 4.69) is 20.8 Å². The van der Waals surface area contributed by atoms with Gasteiger partial charge in [0.1, 0.15) is 0 Å². The summed E-state index contributed by atoms with van der Waals surface area (Å²) in [6, 6.07) is 7.35. The van der Waals surface area contributed by atoms with E-state index >= 15 is 0 Å². The number of hydrogen-bond donors (Lipinski definition) is 1. The van der Waals surface area contributed by atoms with Crippen LogP contribution in [0.3, 0.4) is 0 Å². The minimum absolute atomic E-state index is 0.0112. The molecule has 1 atom stereocenters. The predicted molar refractivity (Wildman–Crippen MR) is 95.6 cm³/mol. The number of rotatable bonds is 7. The van der Waals surface area contributed by atoms with Crippen LogP contribution in [0.5, 0.6) is 0 Å². The predicted octanol–water partition coefficient (Wildman–Crippen LogP) is 2.97. The molecule has 1 aliphatic rings. The highest BCUT2D eigenvalue weighted by Gasteiger charge is 2.29. The number of Topliss-reactive ketones (excluding diaryl/α,β-unsaturated/α-hetero) is 1. The molecule has 0 aliphatic heterocycles. The molecule has 25 heavy (non-hydrogen) atoms. The maximum atomic E-state index is 12.6. The molecule has 7 nitrogen and oxygen atoms in total. The van der Waals surface area contributed by atoms with E-state index < -0.39 is 0 Å². The second kappa shape index (κ2) is 7.35. The van der Waals surface area contributed by atoms with Gasteiger partial charge in [0.2, 0.25) is 11.1 Å². The largest absolute Gasteiger partial charge is 0.326 e. The van der Waals surface area contributed by atoms with Crippen LogP contribution in [0.2, 0.25) is 0 Å². The molecule has 132 valence electrons. The van der Waals surface area contributed by atoms with E-state index in [4.69, 9.17) is 0 Å². The Kier molecular flexibility index (Phi) is 5.17. The fourth-order valence-electron chi connectivity index (χ4n) is 2.26. The summed E-state index contributed by atoms with van der Waals surface area (Å²) in [6.45, 7) is 5.52. The van der Waals surface area contributed by atoms with Crippen molar-refractivity contribution in [3.05, 3.63) is 29.8 Å². The zero-order valence-corrected chi connectivity index (χ0v) is 15.3. The van der Waals surface area contributed by atoms with Crippen molar-refractivity contribution >= 4 is 29.1 Å². The molecule has 1 N–H and O–H groups in total. The van der Waals surface area contributed by atoms with E-state index in [-0.39, 0.29) is 22.9 Å². The number of nitrogens with one attached hydrogen (secondary N) is 1. The van der Waals surface area contributed by atoms with Gasteiger partial charge in [-0.2, -0.15) is 0 Å². The lowest BCUT2D eigenvalue weighted by molar-refractivity contribution is -0.118. The molecule has 0 radical (unpaired) electrons. The third kappa shape index (κ3) is 4.25. The number of nitrogens with zero attached hydrogens (tertiary/aromatic N) is 4. The van der Waals surface area contributed by atoms with Crippen LogP contribution >= 0.6 is 11.8 Å². The summed E-state index contributed by atoms with van der Waals surface area (Å²) in [4.78, 5) is 24.3. The van der Waals surface area contributed by atoms with Crippen molar-refractivity contribution in [2.45, 2.75) is 50.1 Å². The third-order valence-electron chi connectivity index (χ3n) is 3.97. The summed E-state index contributed by atoms with van der Waals surface area (Å²) >= 11 is 1.37. The average molecular weight is 359 g/mol. The van der Waals surface area contributed by atoms with Gasteiger partial charge in [-0.3, -0.25) is 9.59 Å². The van der Waals surface area contributed by atoms with Crippen LogP contribution in [0.4, 0.5) is 5.69 Å². The van der Waals surface area contributed by atoms with Crippen LogP contribution in [-0.2, 0) is 4.79 Å². The molecule has 1 fully saturated rings. The molecule has 0 bridgehead atoms. The quantitative estimate of drug-likeness (QED) is 0.604. The number of anilines is 1. The summed E-state index contributed by atoms with van der Waals surface area (Å²) in [5, 5.41) is 14.9.